The highest BCUT2D eigenvalue weighted by atomic mass is 16.4. The molecule has 0 aromatic carbocycles. The third-order valence-corrected chi connectivity index (χ3v) is 4.46. The van der Waals surface area contributed by atoms with Gasteiger partial charge in [0.05, 0.1) is 12.2 Å². The van der Waals surface area contributed by atoms with Gasteiger partial charge in [-0.15, -0.1) is 0 Å². The van der Waals surface area contributed by atoms with Crippen LogP contribution in [0.4, 0.5) is 0 Å². The second-order valence-corrected chi connectivity index (χ2v) is 6.96. The van der Waals surface area contributed by atoms with E-state index in [9.17, 15) is 24.6 Å². The summed E-state index contributed by atoms with van der Waals surface area (Å²) in [6, 6.07) is -2.77. The number of hydrogen-bond acceptors (Lipinski definition) is 5. The average Bonchev–Trinajstić information content (AvgIpc) is 2.62. The molecule has 0 saturated heterocycles. The number of carboxylic acids is 1. The Bertz CT molecular complexity index is 455. The molecule has 0 radical (unpaired) electrons. The molecular formula is C19H36N2O6. The van der Waals surface area contributed by atoms with Gasteiger partial charge in [0.15, 0.2) is 6.04 Å². The van der Waals surface area contributed by atoms with Gasteiger partial charge < -0.3 is 26.0 Å². The SMILES string of the molecule is CCCCCCCCCC(=O)NC(C(=O)NC(C(=O)O)C(O)CC)C(C)O. The molecule has 0 spiro atoms. The first-order valence-electron chi connectivity index (χ1n) is 9.93. The van der Waals surface area contributed by atoms with Gasteiger partial charge in [-0.3, -0.25) is 9.59 Å². The Morgan fingerprint density at radius 3 is 1.89 bits per heavy atom. The van der Waals surface area contributed by atoms with Gasteiger partial charge in [-0.1, -0.05) is 52.4 Å². The zero-order valence-corrected chi connectivity index (χ0v) is 16.7. The Morgan fingerprint density at radius 1 is 0.852 bits per heavy atom. The van der Waals surface area contributed by atoms with Crippen molar-refractivity contribution in [3.63, 3.8) is 0 Å². The van der Waals surface area contributed by atoms with Crippen molar-refractivity contribution in [2.24, 2.45) is 0 Å². The maximum Gasteiger partial charge on any atom is 0.328 e. The van der Waals surface area contributed by atoms with E-state index in [0.29, 0.717) is 6.42 Å². The van der Waals surface area contributed by atoms with Crippen molar-refractivity contribution in [2.45, 2.75) is 103 Å². The number of aliphatic carboxylic acids is 1. The summed E-state index contributed by atoms with van der Waals surface area (Å²) in [7, 11) is 0. The number of carbonyl (C=O) groups excluding carboxylic acids is 2. The van der Waals surface area contributed by atoms with Crippen LogP contribution in [0.15, 0.2) is 0 Å². The van der Waals surface area contributed by atoms with E-state index in [0.717, 1.165) is 19.3 Å². The van der Waals surface area contributed by atoms with Crippen LogP contribution in [-0.2, 0) is 14.4 Å². The molecule has 0 fully saturated rings. The van der Waals surface area contributed by atoms with Crippen LogP contribution < -0.4 is 10.6 Å². The number of amides is 2. The summed E-state index contributed by atoms with van der Waals surface area (Å²) in [4.78, 5) is 35.5. The highest BCUT2D eigenvalue weighted by Crippen LogP contribution is 2.09. The van der Waals surface area contributed by atoms with Gasteiger partial charge in [-0.2, -0.15) is 0 Å². The van der Waals surface area contributed by atoms with E-state index in [2.05, 4.69) is 17.6 Å². The molecule has 0 aliphatic carbocycles. The lowest BCUT2D eigenvalue weighted by Gasteiger charge is -2.25. The first kappa shape index (κ1) is 25.3. The molecule has 158 valence electrons. The Labute approximate surface area is 161 Å². The van der Waals surface area contributed by atoms with E-state index < -0.39 is 36.2 Å². The van der Waals surface area contributed by atoms with E-state index in [4.69, 9.17) is 5.11 Å². The third-order valence-electron chi connectivity index (χ3n) is 4.46. The fourth-order valence-corrected chi connectivity index (χ4v) is 2.69. The average molecular weight is 389 g/mol. The molecule has 8 heteroatoms. The van der Waals surface area contributed by atoms with Crippen molar-refractivity contribution in [2.75, 3.05) is 0 Å². The van der Waals surface area contributed by atoms with Crippen molar-refractivity contribution in [1.82, 2.24) is 10.6 Å². The summed E-state index contributed by atoms with van der Waals surface area (Å²) in [5, 5.41) is 33.3. The Morgan fingerprint density at radius 2 is 1.41 bits per heavy atom. The highest BCUT2D eigenvalue weighted by Gasteiger charge is 2.32. The third kappa shape index (κ3) is 10.9. The zero-order valence-electron chi connectivity index (χ0n) is 16.7. The molecule has 4 atom stereocenters. The largest absolute Gasteiger partial charge is 0.480 e. The van der Waals surface area contributed by atoms with Crippen LogP contribution in [0.5, 0.6) is 0 Å². The van der Waals surface area contributed by atoms with E-state index in [1.165, 1.54) is 26.2 Å². The minimum atomic E-state index is -1.50. The van der Waals surface area contributed by atoms with Crippen molar-refractivity contribution < 1.29 is 29.7 Å². The molecule has 0 aromatic heterocycles. The number of carboxylic acid groups (broad SMARTS) is 1. The predicted octanol–water partition coefficient (Wildman–Crippen LogP) is 1.33. The number of hydrogen-bond donors (Lipinski definition) is 5. The standard InChI is InChI=1S/C19H36N2O6/c1-4-6-7-8-9-10-11-12-15(24)20-16(13(3)22)18(25)21-17(19(26)27)14(23)5-2/h13-14,16-17,22-23H,4-12H2,1-3H3,(H,20,24)(H,21,25)(H,26,27). The molecule has 0 heterocycles. The molecule has 0 rings (SSSR count). The molecule has 2 amide bonds. The maximum atomic E-state index is 12.3. The first-order valence-corrected chi connectivity index (χ1v) is 9.93. The van der Waals surface area contributed by atoms with Crippen LogP contribution in [0, 0.1) is 0 Å². The summed E-state index contributed by atoms with van der Waals surface area (Å²) >= 11 is 0. The maximum absolute atomic E-state index is 12.3. The van der Waals surface area contributed by atoms with Crippen molar-refractivity contribution in [3.05, 3.63) is 0 Å². The van der Waals surface area contributed by atoms with Crippen molar-refractivity contribution >= 4 is 17.8 Å². The fourth-order valence-electron chi connectivity index (χ4n) is 2.69. The molecule has 0 aliphatic heterocycles. The van der Waals surface area contributed by atoms with Crippen LogP contribution in [-0.4, -0.2) is 57.4 Å². The number of carbonyl (C=O) groups is 3. The lowest BCUT2D eigenvalue weighted by atomic mass is 10.1. The number of aliphatic hydroxyl groups is 2. The van der Waals surface area contributed by atoms with Crippen LogP contribution >= 0.6 is 0 Å². The minimum absolute atomic E-state index is 0.140. The van der Waals surface area contributed by atoms with E-state index in [1.807, 2.05) is 0 Å². The van der Waals surface area contributed by atoms with Gasteiger partial charge in [0.25, 0.3) is 0 Å². The normalized spacial score (nSPS) is 15.4. The molecule has 0 aromatic rings. The second-order valence-electron chi connectivity index (χ2n) is 6.96. The molecule has 27 heavy (non-hydrogen) atoms. The van der Waals surface area contributed by atoms with Gasteiger partial charge in [0, 0.05) is 6.42 Å². The Hall–Kier alpha value is -1.67. The molecular weight excluding hydrogens is 352 g/mol. The first-order chi connectivity index (χ1) is 12.7. The molecule has 4 unspecified atom stereocenters. The second kappa shape index (κ2) is 14.4. The van der Waals surface area contributed by atoms with Gasteiger partial charge in [-0.05, 0) is 19.8 Å². The minimum Gasteiger partial charge on any atom is -0.480 e. The summed E-state index contributed by atoms with van der Waals surface area (Å²) in [5.74, 6) is -2.58. The summed E-state index contributed by atoms with van der Waals surface area (Å²) < 4.78 is 0. The monoisotopic (exact) mass is 388 g/mol. The number of aliphatic hydroxyl groups excluding tert-OH is 2. The van der Waals surface area contributed by atoms with Gasteiger partial charge >= 0.3 is 5.97 Å². The summed E-state index contributed by atoms with van der Waals surface area (Å²) in [6.07, 6.45) is 5.34. The number of unbranched alkanes of at least 4 members (excludes halogenated alkanes) is 6. The molecule has 0 saturated carbocycles. The summed E-state index contributed by atoms with van der Waals surface area (Å²) in [6.45, 7) is 5.08. The molecule has 8 nitrogen and oxygen atoms in total. The van der Waals surface area contributed by atoms with Crippen LogP contribution in [0.3, 0.4) is 0 Å². The Balaban J connectivity index is 4.47. The predicted molar refractivity (Wildman–Crippen MR) is 102 cm³/mol. The fraction of sp³-hybridized carbons (Fsp3) is 0.842. The lowest BCUT2D eigenvalue weighted by molar-refractivity contribution is -0.146. The van der Waals surface area contributed by atoms with E-state index >= 15 is 0 Å². The van der Waals surface area contributed by atoms with E-state index in [1.54, 1.807) is 6.92 Å². The zero-order chi connectivity index (χ0) is 20.8. The van der Waals surface area contributed by atoms with Crippen LogP contribution in [0.2, 0.25) is 0 Å². The van der Waals surface area contributed by atoms with Crippen LogP contribution in [0.25, 0.3) is 0 Å². The highest BCUT2D eigenvalue weighted by molar-refractivity contribution is 5.91. The van der Waals surface area contributed by atoms with E-state index in [-0.39, 0.29) is 18.7 Å². The quantitative estimate of drug-likeness (QED) is 0.269. The van der Waals surface area contributed by atoms with Crippen molar-refractivity contribution in [3.8, 4) is 0 Å². The number of nitrogens with one attached hydrogen (secondary N) is 2. The molecule has 5 N–H and O–H groups in total. The van der Waals surface area contributed by atoms with Gasteiger partial charge in [-0.25, -0.2) is 4.79 Å². The Kier molecular flexibility index (Phi) is 13.5. The topological polar surface area (TPSA) is 136 Å². The smallest absolute Gasteiger partial charge is 0.328 e. The molecule has 0 bridgehead atoms. The van der Waals surface area contributed by atoms with Crippen molar-refractivity contribution in [1.29, 1.82) is 0 Å². The van der Waals surface area contributed by atoms with Gasteiger partial charge in [0.1, 0.15) is 6.04 Å². The number of rotatable bonds is 15. The van der Waals surface area contributed by atoms with Gasteiger partial charge in [0.2, 0.25) is 11.8 Å². The van der Waals surface area contributed by atoms with Crippen LogP contribution in [0.1, 0.15) is 78.6 Å². The summed E-state index contributed by atoms with van der Waals surface area (Å²) in [5.41, 5.74) is 0. The molecule has 0 aliphatic rings. The lowest BCUT2D eigenvalue weighted by Crippen LogP contribution is -2.58.